The van der Waals surface area contributed by atoms with Gasteiger partial charge in [-0.3, -0.25) is 9.69 Å². The molecular weight excluding hydrogens is 546 g/mol. The summed E-state index contributed by atoms with van der Waals surface area (Å²) < 4.78 is 37.2. The average Bonchev–Trinajstić information content (AvgIpc) is 3.24. The zero-order chi connectivity index (χ0) is 31.8. The summed E-state index contributed by atoms with van der Waals surface area (Å²) in [5.74, 6) is -2.32. The number of terminal acetylenes is 1. The van der Waals surface area contributed by atoms with Crippen LogP contribution in [0.15, 0.2) is 63.7 Å². The predicted octanol–water partition coefficient (Wildman–Crippen LogP) is 4.57. The van der Waals surface area contributed by atoms with Crippen LogP contribution in [0.4, 0.5) is 14.5 Å². The highest BCUT2D eigenvalue weighted by molar-refractivity contribution is 5.89. The molecule has 0 aliphatic carbocycles. The molecule has 42 heavy (non-hydrogen) atoms. The highest BCUT2D eigenvalue weighted by Gasteiger charge is 2.13. The minimum atomic E-state index is -1.02. The van der Waals surface area contributed by atoms with Gasteiger partial charge in [-0.2, -0.15) is 4.91 Å². The van der Waals surface area contributed by atoms with Crippen molar-refractivity contribution in [2.75, 3.05) is 57.9 Å². The Morgan fingerprint density at radius 2 is 1.90 bits per heavy atom. The quantitative estimate of drug-likeness (QED) is 0.0766. The van der Waals surface area contributed by atoms with Crippen LogP contribution in [0.25, 0.3) is 0 Å². The minimum absolute atomic E-state index is 0.147. The molecule has 4 N–H and O–H groups in total. The van der Waals surface area contributed by atoms with Crippen molar-refractivity contribution in [1.29, 1.82) is 0 Å². The number of ether oxygens (including phenoxy) is 2. The second kappa shape index (κ2) is 23.8. The molecule has 1 aromatic carbocycles. The van der Waals surface area contributed by atoms with Gasteiger partial charge in [0.1, 0.15) is 12.4 Å². The fourth-order valence-electron chi connectivity index (χ4n) is 3.54. The molecule has 0 aromatic heterocycles. The number of carbonyl (C=O) groups is 1. The highest BCUT2D eigenvalue weighted by atomic mass is 19.2. The molecule has 1 aliphatic rings. The predicted molar refractivity (Wildman–Crippen MR) is 164 cm³/mol. The fourth-order valence-corrected chi connectivity index (χ4v) is 3.54. The van der Waals surface area contributed by atoms with Crippen LogP contribution in [-0.2, 0) is 14.3 Å². The molecule has 0 atom stereocenters. The van der Waals surface area contributed by atoms with E-state index in [4.69, 9.17) is 15.2 Å². The first kappa shape index (κ1) is 38.1. The Balaban J connectivity index is 0.00000216. The minimum Gasteiger partial charge on any atom is -0.390 e. The molecule has 0 unspecified atom stereocenters. The van der Waals surface area contributed by atoms with E-state index in [1.807, 2.05) is 27.7 Å². The Kier molecular flexibility index (Phi) is 21.5. The van der Waals surface area contributed by atoms with Crippen LogP contribution < -0.4 is 16.4 Å². The van der Waals surface area contributed by atoms with Gasteiger partial charge in [-0.05, 0) is 50.0 Å². The van der Waals surface area contributed by atoms with Crippen molar-refractivity contribution in [1.82, 2.24) is 10.2 Å². The van der Waals surface area contributed by atoms with E-state index in [0.29, 0.717) is 18.7 Å². The van der Waals surface area contributed by atoms with Gasteiger partial charge in [-0.15, -0.1) is 12.8 Å². The molecule has 0 bridgehead atoms. The number of anilines is 1. The van der Waals surface area contributed by atoms with Crippen molar-refractivity contribution in [3.63, 3.8) is 0 Å². The van der Waals surface area contributed by atoms with Crippen LogP contribution in [0, 0.1) is 35.3 Å². The standard InChI is InChI=1S/C24H32F2N6O3.C4H10O.C2H2/c1-17(2)20(24(28-16-27)31-18-6-7-21(25)22(26)14-18)13-19(15-29-34)30-23(33)5-3-8-32-9-4-11-35-12-10-32;1-3-5-4-2;1-2/h3,5-7,13-14,16-17,31H,4,8-12,15H2,1-2H3,(H2,27,28)(H,30,33);3-4H2,1-2H3;1-2H/b5-3+,19-13+,24-20+;;. The molecule has 0 saturated carbocycles. The Morgan fingerprint density at radius 3 is 2.48 bits per heavy atom. The van der Waals surface area contributed by atoms with E-state index >= 15 is 0 Å². The molecule has 1 aromatic rings. The normalized spacial score (nSPS) is 14.7. The van der Waals surface area contributed by atoms with E-state index in [1.165, 1.54) is 12.1 Å². The maximum atomic E-state index is 13.7. The molecule has 1 amide bonds. The summed E-state index contributed by atoms with van der Waals surface area (Å²) in [7, 11) is 0. The van der Waals surface area contributed by atoms with Crippen LogP contribution in [0.5, 0.6) is 0 Å². The number of benzene rings is 1. The lowest BCUT2D eigenvalue weighted by Crippen LogP contribution is -2.27. The van der Waals surface area contributed by atoms with Crippen LogP contribution in [0.2, 0.25) is 0 Å². The number of allylic oxidation sites excluding steroid dienone is 2. The molecule has 1 fully saturated rings. The van der Waals surface area contributed by atoms with E-state index in [9.17, 15) is 18.5 Å². The lowest BCUT2D eigenvalue weighted by molar-refractivity contribution is -0.115. The molecule has 0 spiro atoms. The molecule has 232 valence electrons. The third kappa shape index (κ3) is 16.4. The van der Waals surface area contributed by atoms with E-state index < -0.39 is 17.5 Å². The first-order chi connectivity index (χ1) is 20.2. The van der Waals surface area contributed by atoms with Gasteiger partial charge in [0.15, 0.2) is 11.6 Å². The second-order valence-electron chi connectivity index (χ2n) is 8.89. The van der Waals surface area contributed by atoms with Crippen LogP contribution in [-0.4, -0.2) is 69.8 Å². The van der Waals surface area contributed by atoms with Gasteiger partial charge in [0.05, 0.1) is 12.9 Å². The van der Waals surface area contributed by atoms with Gasteiger partial charge >= 0.3 is 0 Å². The van der Waals surface area contributed by atoms with Gasteiger partial charge in [0, 0.05) is 63.0 Å². The van der Waals surface area contributed by atoms with Gasteiger partial charge < -0.3 is 25.8 Å². The number of nitrogens with two attached hydrogens (primary N) is 1. The van der Waals surface area contributed by atoms with E-state index in [0.717, 1.165) is 57.8 Å². The van der Waals surface area contributed by atoms with Crippen molar-refractivity contribution in [2.24, 2.45) is 21.8 Å². The number of nitrogens with zero attached hydrogens (tertiary/aromatic N) is 3. The average molecular weight is 591 g/mol. The number of hydrogen-bond donors (Lipinski definition) is 3. The summed E-state index contributed by atoms with van der Waals surface area (Å²) in [6.07, 6.45) is 14.7. The number of aliphatic imine (C=N–C) groups is 1. The summed E-state index contributed by atoms with van der Waals surface area (Å²) in [4.78, 5) is 29.8. The Labute approximate surface area is 248 Å². The Bertz CT molecular complexity index is 1080. The summed E-state index contributed by atoms with van der Waals surface area (Å²) in [6.45, 7) is 12.8. The summed E-state index contributed by atoms with van der Waals surface area (Å²) in [5, 5.41) is 8.48. The van der Waals surface area contributed by atoms with Crippen molar-refractivity contribution in [2.45, 2.75) is 34.1 Å². The topological polar surface area (TPSA) is 131 Å². The number of carbonyl (C=O) groups excluding carboxylic acids is 1. The smallest absolute Gasteiger partial charge is 0.247 e. The summed E-state index contributed by atoms with van der Waals surface area (Å²) in [6, 6.07) is 3.32. The number of hydrogen-bond acceptors (Lipinski definition) is 8. The van der Waals surface area contributed by atoms with E-state index in [2.05, 4.69) is 38.5 Å². The maximum absolute atomic E-state index is 13.7. The second-order valence-corrected chi connectivity index (χ2v) is 8.89. The number of nitrogens with one attached hydrogen (secondary N) is 2. The highest BCUT2D eigenvalue weighted by Crippen LogP contribution is 2.22. The van der Waals surface area contributed by atoms with Gasteiger partial charge in [-0.1, -0.05) is 25.1 Å². The van der Waals surface area contributed by atoms with Gasteiger partial charge in [0.2, 0.25) is 5.91 Å². The molecule has 1 saturated heterocycles. The first-order valence-corrected chi connectivity index (χ1v) is 13.6. The molecule has 10 nitrogen and oxygen atoms in total. The van der Waals surface area contributed by atoms with Crippen molar-refractivity contribution in [3.05, 3.63) is 70.1 Å². The zero-order valence-corrected chi connectivity index (χ0v) is 24.9. The van der Waals surface area contributed by atoms with E-state index in [-0.39, 0.29) is 29.7 Å². The summed E-state index contributed by atoms with van der Waals surface area (Å²) in [5.41, 5.74) is 6.55. The van der Waals surface area contributed by atoms with Crippen LogP contribution >= 0.6 is 0 Å². The molecule has 1 aliphatic heterocycles. The Hall–Kier alpha value is -3.92. The largest absolute Gasteiger partial charge is 0.390 e. The molecule has 1 heterocycles. The van der Waals surface area contributed by atoms with Gasteiger partial charge in [-0.25, -0.2) is 13.8 Å². The molecule has 0 radical (unpaired) electrons. The Morgan fingerprint density at radius 1 is 1.19 bits per heavy atom. The third-order valence-corrected chi connectivity index (χ3v) is 5.49. The lowest BCUT2D eigenvalue weighted by atomic mass is 10.0. The number of nitroso groups, excluding NO2 is 1. The third-order valence-electron chi connectivity index (χ3n) is 5.49. The molecule has 2 rings (SSSR count). The first-order valence-electron chi connectivity index (χ1n) is 13.6. The van der Waals surface area contributed by atoms with Crippen molar-refractivity contribution >= 4 is 17.9 Å². The monoisotopic (exact) mass is 590 g/mol. The number of halogens is 2. The molecule has 12 heteroatoms. The fraction of sp³-hybridized carbons (Fsp3) is 0.467. The van der Waals surface area contributed by atoms with E-state index in [1.54, 1.807) is 12.2 Å². The maximum Gasteiger partial charge on any atom is 0.247 e. The lowest BCUT2D eigenvalue weighted by Gasteiger charge is -2.16. The van der Waals surface area contributed by atoms with Crippen molar-refractivity contribution < 1.29 is 23.0 Å². The SMILES string of the molecule is C#C.CC(C)C(/C=C(\CN=O)NC(=O)/C=C/CN1CCCOCC1)=C(\N=C/N)Nc1ccc(F)c(F)c1.CCOCC. The zero-order valence-electron chi connectivity index (χ0n) is 24.9. The molecular formula is C30H44F2N6O4. The number of rotatable bonds is 13. The number of amides is 1. The van der Waals surface area contributed by atoms with Crippen molar-refractivity contribution in [3.8, 4) is 12.8 Å². The van der Waals surface area contributed by atoms with Crippen LogP contribution in [0.1, 0.15) is 34.1 Å². The van der Waals surface area contributed by atoms with Gasteiger partial charge in [0.25, 0.3) is 0 Å². The van der Waals surface area contributed by atoms with Crippen LogP contribution in [0.3, 0.4) is 0 Å². The summed E-state index contributed by atoms with van der Waals surface area (Å²) >= 11 is 0.